The van der Waals surface area contributed by atoms with Gasteiger partial charge in [0.25, 0.3) is 0 Å². The van der Waals surface area contributed by atoms with Crippen molar-refractivity contribution in [2.45, 2.75) is 58.3 Å². The van der Waals surface area contributed by atoms with E-state index in [4.69, 9.17) is 30.9 Å². The number of nitrogens with zero attached hydrogens (tertiary/aromatic N) is 4. The molecule has 5 heterocycles. The zero-order valence-corrected chi connectivity index (χ0v) is 22.5. The quantitative estimate of drug-likeness (QED) is 0.465. The fraction of sp³-hybridized carbons (Fsp3) is 0.464. The molecule has 3 aliphatic heterocycles. The van der Waals surface area contributed by atoms with Gasteiger partial charge in [-0.25, -0.2) is 4.98 Å². The van der Waals surface area contributed by atoms with E-state index in [9.17, 15) is 9.90 Å². The minimum absolute atomic E-state index is 0.121. The summed E-state index contributed by atoms with van der Waals surface area (Å²) >= 11 is 6.21. The lowest BCUT2D eigenvalue weighted by molar-refractivity contribution is -0.136. The summed E-state index contributed by atoms with van der Waals surface area (Å²) in [5.74, 6) is 0.582. The third-order valence-electron chi connectivity index (χ3n) is 7.15. The highest BCUT2D eigenvalue weighted by Crippen LogP contribution is 2.33. The van der Waals surface area contributed by atoms with E-state index in [-0.39, 0.29) is 18.6 Å². The zero-order valence-electron chi connectivity index (χ0n) is 21.8. The third-order valence-corrected chi connectivity index (χ3v) is 7.39. The number of fused-ring (bicyclic) bond motifs is 9. The Hall–Kier alpha value is -3.14. The highest BCUT2D eigenvalue weighted by Gasteiger charge is 2.33. The maximum atomic E-state index is 11.8. The van der Waals surface area contributed by atoms with E-state index in [0.717, 1.165) is 43.7 Å². The normalized spacial score (nSPS) is 19.2. The van der Waals surface area contributed by atoms with Crippen molar-refractivity contribution in [2.24, 2.45) is 0 Å². The molecule has 3 aromatic rings. The lowest BCUT2D eigenvalue weighted by Crippen LogP contribution is -2.45. The molecule has 1 aromatic carbocycles. The van der Waals surface area contributed by atoms with Crippen LogP contribution in [0.15, 0.2) is 36.4 Å². The molecule has 0 amide bonds. The van der Waals surface area contributed by atoms with Gasteiger partial charge in [-0.1, -0.05) is 29.8 Å². The lowest BCUT2D eigenvalue weighted by atomic mass is 9.93. The van der Waals surface area contributed by atoms with E-state index < -0.39 is 5.97 Å². The second-order valence-corrected chi connectivity index (χ2v) is 10.5. The van der Waals surface area contributed by atoms with Gasteiger partial charge < -0.3 is 24.2 Å². The number of hydrogen-bond acceptors (Lipinski definition) is 7. The number of carboxylic acid groups (broad SMARTS) is 1. The first kappa shape index (κ1) is 26.5. The number of ether oxygens (including phenoxy) is 3. The number of benzene rings is 1. The Kier molecular flexibility index (Phi) is 7.88. The molecule has 2 aromatic heterocycles. The van der Waals surface area contributed by atoms with Gasteiger partial charge >= 0.3 is 5.97 Å². The molecule has 0 spiro atoms. The molecule has 202 valence electrons. The van der Waals surface area contributed by atoms with Crippen molar-refractivity contribution in [3.05, 3.63) is 64.0 Å². The number of aliphatic carboxylic acids is 1. The van der Waals surface area contributed by atoms with Gasteiger partial charge in [-0.3, -0.25) is 4.79 Å². The van der Waals surface area contributed by atoms with Crippen molar-refractivity contribution < 1.29 is 24.1 Å². The standard InChI is InChI=1S/C28H33ClN4O5/c1-19-23(16-26(34)35)27-32-10-8-28(2,9-11-32)38-13-5-3-4-12-37-24-14-21(29)7-6-20(24)17-36-18-22-15-25(30-19)33(27)31-22/h3,5-7,14-15H,4,8-13,16-18H2,1-2H3,(H,34,35)/b5-3-. The highest BCUT2D eigenvalue weighted by atomic mass is 35.5. The van der Waals surface area contributed by atoms with Crippen LogP contribution in [-0.4, -0.2) is 57.6 Å². The molecule has 0 saturated carbocycles. The predicted molar refractivity (Wildman–Crippen MR) is 144 cm³/mol. The molecule has 1 N–H and O–H groups in total. The van der Waals surface area contributed by atoms with Crippen LogP contribution in [-0.2, 0) is 33.9 Å². The van der Waals surface area contributed by atoms with Crippen molar-refractivity contribution in [2.75, 3.05) is 31.2 Å². The van der Waals surface area contributed by atoms with E-state index in [1.807, 2.05) is 31.2 Å². The summed E-state index contributed by atoms with van der Waals surface area (Å²) in [4.78, 5) is 18.7. The maximum absolute atomic E-state index is 11.8. The largest absolute Gasteiger partial charge is 0.493 e. The van der Waals surface area contributed by atoms with Crippen LogP contribution in [0, 0.1) is 6.92 Å². The van der Waals surface area contributed by atoms with E-state index in [0.29, 0.717) is 53.2 Å². The van der Waals surface area contributed by atoms with E-state index in [2.05, 4.69) is 22.9 Å². The number of carboxylic acids is 1. The molecule has 1 saturated heterocycles. The van der Waals surface area contributed by atoms with Crippen molar-refractivity contribution >= 4 is 29.0 Å². The van der Waals surface area contributed by atoms with Crippen LogP contribution in [0.4, 0.5) is 5.82 Å². The second-order valence-electron chi connectivity index (χ2n) is 10.1. The van der Waals surface area contributed by atoms with Crippen LogP contribution >= 0.6 is 11.6 Å². The van der Waals surface area contributed by atoms with Crippen LogP contribution in [0.25, 0.3) is 5.65 Å². The topological polar surface area (TPSA) is 98.4 Å². The molecule has 0 radical (unpaired) electrons. The van der Waals surface area contributed by atoms with E-state index in [1.54, 1.807) is 10.6 Å². The van der Waals surface area contributed by atoms with Crippen LogP contribution in [0.2, 0.25) is 5.02 Å². The van der Waals surface area contributed by atoms with Crippen LogP contribution in [0.3, 0.4) is 0 Å². The average molecular weight is 541 g/mol. The summed E-state index contributed by atoms with van der Waals surface area (Å²) in [7, 11) is 0. The van der Waals surface area contributed by atoms with Crippen LogP contribution < -0.4 is 9.64 Å². The average Bonchev–Trinajstić information content (AvgIpc) is 3.27. The summed E-state index contributed by atoms with van der Waals surface area (Å²) in [6.07, 6.45) is 6.36. The molecule has 10 heteroatoms. The monoisotopic (exact) mass is 540 g/mol. The molecule has 38 heavy (non-hydrogen) atoms. The predicted octanol–water partition coefficient (Wildman–Crippen LogP) is 4.75. The van der Waals surface area contributed by atoms with Crippen LogP contribution in [0.1, 0.15) is 48.7 Å². The Morgan fingerprint density at radius 3 is 2.79 bits per heavy atom. The summed E-state index contributed by atoms with van der Waals surface area (Å²) in [6.45, 7) is 7.10. The Morgan fingerprint density at radius 1 is 1.18 bits per heavy atom. The third kappa shape index (κ3) is 5.95. The van der Waals surface area contributed by atoms with Crippen molar-refractivity contribution in [1.29, 1.82) is 0 Å². The molecule has 3 aliphatic rings. The van der Waals surface area contributed by atoms with Gasteiger partial charge in [0.15, 0.2) is 5.65 Å². The van der Waals surface area contributed by atoms with Crippen molar-refractivity contribution in [1.82, 2.24) is 14.6 Å². The molecule has 0 aliphatic carbocycles. The Morgan fingerprint density at radius 2 is 2.00 bits per heavy atom. The minimum Gasteiger partial charge on any atom is -0.493 e. The number of aromatic nitrogens is 3. The highest BCUT2D eigenvalue weighted by molar-refractivity contribution is 6.30. The SMILES string of the molecule is Cc1nc2cc3nn2c(c1CC(=O)O)N1CCC(C)(CC1)OC/C=C\CCOc1cc(Cl)ccc1COC3. The van der Waals surface area contributed by atoms with Crippen molar-refractivity contribution in [3.8, 4) is 5.75 Å². The maximum Gasteiger partial charge on any atom is 0.308 e. The number of aryl methyl sites for hydroxylation is 1. The molecule has 1 fully saturated rings. The Balaban J connectivity index is 1.50. The second kappa shape index (κ2) is 11.3. The van der Waals surface area contributed by atoms with Crippen molar-refractivity contribution in [3.63, 3.8) is 0 Å². The first-order valence-corrected chi connectivity index (χ1v) is 13.3. The molecule has 6 rings (SSSR count). The van der Waals surface area contributed by atoms with Gasteiger partial charge in [-0.2, -0.15) is 9.61 Å². The lowest BCUT2D eigenvalue weighted by Gasteiger charge is -2.40. The summed E-state index contributed by atoms with van der Waals surface area (Å²) in [6, 6.07) is 7.42. The number of anilines is 1. The number of hydrogen-bond donors (Lipinski definition) is 1. The van der Waals surface area contributed by atoms with Gasteiger partial charge in [-0.05, 0) is 45.2 Å². The number of halogens is 1. The fourth-order valence-corrected chi connectivity index (χ4v) is 5.15. The molecular formula is C28H33ClN4O5. The van der Waals surface area contributed by atoms with Crippen LogP contribution in [0.5, 0.6) is 5.75 Å². The smallest absolute Gasteiger partial charge is 0.308 e. The van der Waals surface area contributed by atoms with Gasteiger partial charge in [0, 0.05) is 41.0 Å². The first-order valence-electron chi connectivity index (χ1n) is 12.9. The molecule has 0 atom stereocenters. The molecular weight excluding hydrogens is 508 g/mol. The molecule has 9 nitrogen and oxygen atoms in total. The molecule has 4 bridgehead atoms. The number of piperidine rings is 1. The summed E-state index contributed by atoms with van der Waals surface area (Å²) in [5.41, 5.74) is 3.39. The van der Waals surface area contributed by atoms with E-state index in [1.165, 1.54) is 0 Å². The van der Waals surface area contributed by atoms with Gasteiger partial charge in [-0.15, -0.1) is 0 Å². The minimum atomic E-state index is -0.898. The number of rotatable bonds is 2. The van der Waals surface area contributed by atoms with Gasteiger partial charge in [0.2, 0.25) is 0 Å². The fourth-order valence-electron chi connectivity index (χ4n) is 4.99. The molecule has 0 unspecified atom stereocenters. The summed E-state index contributed by atoms with van der Waals surface area (Å²) < 4.78 is 20.1. The van der Waals surface area contributed by atoms with Gasteiger partial charge in [0.1, 0.15) is 11.6 Å². The van der Waals surface area contributed by atoms with Gasteiger partial charge in [0.05, 0.1) is 44.1 Å². The zero-order chi connectivity index (χ0) is 26.7. The number of carbonyl (C=O) groups is 1. The Labute approximate surface area is 227 Å². The first-order chi connectivity index (χ1) is 18.3. The summed E-state index contributed by atoms with van der Waals surface area (Å²) in [5, 5.41) is 15.0. The Bertz CT molecular complexity index is 1350. The van der Waals surface area contributed by atoms with E-state index >= 15 is 0 Å².